The Kier molecular flexibility index (Phi) is 2.98. The first-order valence-electron chi connectivity index (χ1n) is 6.74. The van der Waals surface area contributed by atoms with E-state index in [-0.39, 0.29) is 5.38 Å². The van der Waals surface area contributed by atoms with Gasteiger partial charge in [0.05, 0.1) is 12.5 Å². The Balaban J connectivity index is 2.10. The summed E-state index contributed by atoms with van der Waals surface area (Å²) in [6.45, 7) is 4.58. The molecular weight excluding hydrogens is 256 g/mol. The first kappa shape index (κ1) is 12.8. The van der Waals surface area contributed by atoms with E-state index in [0.29, 0.717) is 11.3 Å². The molecule has 19 heavy (non-hydrogen) atoms. The molecule has 1 aliphatic carbocycles. The Morgan fingerprint density at radius 3 is 2.37 bits per heavy atom. The molecule has 2 aromatic carbocycles. The Morgan fingerprint density at radius 1 is 1.16 bits per heavy atom. The van der Waals surface area contributed by atoms with Gasteiger partial charge in [-0.05, 0) is 34.8 Å². The van der Waals surface area contributed by atoms with Crippen LogP contribution in [0.15, 0.2) is 36.4 Å². The van der Waals surface area contributed by atoms with E-state index in [1.54, 1.807) is 7.11 Å². The molecule has 0 aromatic heterocycles. The molecule has 0 heterocycles. The standard InChI is InChI=1S/C17H19ClO/c1-17(2)10-14(17)16(18)13-8-9-15(19-3)12-7-5-4-6-11(12)13/h4-9,14,16H,10H2,1-3H3. The van der Waals surface area contributed by atoms with E-state index >= 15 is 0 Å². The summed E-state index contributed by atoms with van der Waals surface area (Å²) in [5.41, 5.74) is 1.61. The zero-order valence-electron chi connectivity index (χ0n) is 11.6. The molecule has 0 aliphatic heterocycles. The molecule has 1 aliphatic rings. The van der Waals surface area contributed by atoms with Crippen molar-refractivity contribution >= 4 is 22.4 Å². The number of benzene rings is 2. The maximum Gasteiger partial charge on any atom is 0.126 e. The lowest BCUT2D eigenvalue weighted by Gasteiger charge is -2.16. The molecule has 0 amide bonds. The minimum absolute atomic E-state index is 0.0887. The highest BCUT2D eigenvalue weighted by Crippen LogP contribution is 2.60. The third-order valence-electron chi connectivity index (χ3n) is 4.38. The highest BCUT2D eigenvalue weighted by molar-refractivity contribution is 6.22. The molecule has 1 saturated carbocycles. The van der Waals surface area contributed by atoms with Crippen molar-refractivity contribution in [1.29, 1.82) is 0 Å². The molecule has 1 nitrogen and oxygen atoms in total. The lowest BCUT2D eigenvalue weighted by molar-refractivity contribution is 0.419. The van der Waals surface area contributed by atoms with E-state index < -0.39 is 0 Å². The number of halogens is 1. The minimum Gasteiger partial charge on any atom is -0.496 e. The number of methoxy groups -OCH3 is 1. The predicted molar refractivity (Wildman–Crippen MR) is 81.0 cm³/mol. The largest absolute Gasteiger partial charge is 0.496 e. The molecule has 0 spiro atoms. The monoisotopic (exact) mass is 274 g/mol. The Morgan fingerprint density at radius 2 is 1.79 bits per heavy atom. The fraction of sp³-hybridized carbons (Fsp3) is 0.412. The number of rotatable bonds is 3. The molecule has 0 bridgehead atoms. The highest BCUT2D eigenvalue weighted by atomic mass is 35.5. The maximum absolute atomic E-state index is 6.72. The second-order valence-corrected chi connectivity index (χ2v) is 6.57. The van der Waals surface area contributed by atoms with Crippen molar-refractivity contribution in [1.82, 2.24) is 0 Å². The van der Waals surface area contributed by atoms with Crippen LogP contribution in [0.25, 0.3) is 10.8 Å². The molecule has 0 radical (unpaired) electrons. The fourth-order valence-corrected chi connectivity index (χ4v) is 3.56. The van der Waals surface area contributed by atoms with Gasteiger partial charge in [0.15, 0.2) is 0 Å². The van der Waals surface area contributed by atoms with Crippen LogP contribution in [0.3, 0.4) is 0 Å². The summed E-state index contributed by atoms with van der Waals surface area (Å²) in [6.07, 6.45) is 1.21. The zero-order chi connectivity index (χ0) is 13.6. The molecule has 3 rings (SSSR count). The molecule has 1 fully saturated rings. The van der Waals surface area contributed by atoms with Crippen molar-refractivity contribution < 1.29 is 4.74 Å². The summed E-state index contributed by atoms with van der Waals surface area (Å²) in [4.78, 5) is 0. The summed E-state index contributed by atoms with van der Waals surface area (Å²) < 4.78 is 5.44. The van der Waals surface area contributed by atoms with E-state index in [1.165, 1.54) is 17.4 Å². The molecule has 100 valence electrons. The van der Waals surface area contributed by atoms with Crippen molar-refractivity contribution in [3.05, 3.63) is 42.0 Å². The SMILES string of the molecule is COc1ccc(C(Cl)C2CC2(C)C)c2ccccc12. The van der Waals surface area contributed by atoms with Crippen LogP contribution in [0.5, 0.6) is 5.75 Å². The average Bonchev–Trinajstić information content (AvgIpc) is 3.05. The topological polar surface area (TPSA) is 9.23 Å². The first-order valence-corrected chi connectivity index (χ1v) is 7.18. The fourth-order valence-electron chi connectivity index (χ4n) is 2.94. The highest BCUT2D eigenvalue weighted by Gasteiger charge is 2.50. The quantitative estimate of drug-likeness (QED) is 0.701. The van der Waals surface area contributed by atoms with Crippen LogP contribution in [0, 0.1) is 11.3 Å². The molecular formula is C17H19ClO. The van der Waals surface area contributed by atoms with Crippen molar-refractivity contribution in [2.45, 2.75) is 25.6 Å². The lowest BCUT2D eigenvalue weighted by atomic mass is 9.96. The lowest BCUT2D eigenvalue weighted by Crippen LogP contribution is -2.00. The van der Waals surface area contributed by atoms with Crippen LogP contribution < -0.4 is 4.74 Å². The van der Waals surface area contributed by atoms with Crippen LogP contribution in [0.4, 0.5) is 0 Å². The average molecular weight is 275 g/mol. The van der Waals surface area contributed by atoms with E-state index in [1.807, 2.05) is 12.1 Å². The van der Waals surface area contributed by atoms with Crippen LogP contribution in [0.1, 0.15) is 31.2 Å². The number of hydrogen-bond acceptors (Lipinski definition) is 1. The first-order chi connectivity index (χ1) is 9.04. The van der Waals surface area contributed by atoms with Crippen molar-refractivity contribution in [3.8, 4) is 5.75 Å². The maximum atomic E-state index is 6.72. The van der Waals surface area contributed by atoms with Crippen LogP contribution in [-0.2, 0) is 0 Å². The van der Waals surface area contributed by atoms with Crippen molar-refractivity contribution in [2.24, 2.45) is 11.3 Å². The summed E-state index contributed by atoms with van der Waals surface area (Å²) in [7, 11) is 1.71. The second kappa shape index (κ2) is 4.42. The van der Waals surface area contributed by atoms with Gasteiger partial charge in [0.2, 0.25) is 0 Å². The summed E-state index contributed by atoms with van der Waals surface area (Å²) in [5, 5.41) is 2.45. The number of hydrogen-bond donors (Lipinski definition) is 0. The summed E-state index contributed by atoms with van der Waals surface area (Å²) >= 11 is 6.72. The second-order valence-electron chi connectivity index (χ2n) is 6.10. The number of ether oxygens (including phenoxy) is 1. The number of alkyl halides is 1. The van der Waals surface area contributed by atoms with Gasteiger partial charge in [0.1, 0.15) is 5.75 Å². The Bertz CT molecular complexity index is 618. The third kappa shape index (κ3) is 2.10. The zero-order valence-corrected chi connectivity index (χ0v) is 12.4. The van der Waals surface area contributed by atoms with E-state index in [0.717, 1.165) is 11.1 Å². The van der Waals surface area contributed by atoms with Gasteiger partial charge in [-0.25, -0.2) is 0 Å². The smallest absolute Gasteiger partial charge is 0.126 e. The minimum atomic E-state index is 0.0887. The van der Waals surface area contributed by atoms with Gasteiger partial charge < -0.3 is 4.74 Å². The molecule has 2 aromatic rings. The van der Waals surface area contributed by atoms with E-state index in [9.17, 15) is 0 Å². The molecule has 2 atom stereocenters. The van der Waals surface area contributed by atoms with Gasteiger partial charge in [0.25, 0.3) is 0 Å². The van der Waals surface area contributed by atoms with Gasteiger partial charge in [-0.15, -0.1) is 11.6 Å². The van der Waals surface area contributed by atoms with Gasteiger partial charge in [-0.2, -0.15) is 0 Å². The van der Waals surface area contributed by atoms with Crippen LogP contribution in [0.2, 0.25) is 0 Å². The van der Waals surface area contributed by atoms with Gasteiger partial charge in [-0.1, -0.05) is 44.2 Å². The Hall–Kier alpha value is -1.21. The molecule has 2 heteroatoms. The third-order valence-corrected chi connectivity index (χ3v) is 4.92. The molecule has 0 N–H and O–H groups in total. The molecule has 0 saturated heterocycles. The normalized spacial score (nSPS) is 22.2. The van der Waals surface area contributed by atoms with Crippen molar-refractivity contribution in [2.75, 3.05) is 7.11 Å². The Labute approximate surface area is 119 Å². The van der Waals surface area contributed by atoms with Crippen LogP contribution >= 0.6 is 11.6 Å². The number of fused-ring (bicyclic) bond motifs is 1. The summed E-state index contributed by atoms with van der Waals surface area (Å²) in [5.74, 6) is 1.49. The molecule has 2 unspecified atom stereocenters. The van der Waals surface area contributed by atoms with Gasteiger partial charge >= 0.3 is 0 Å². The van der Waals surface area contributed by atoms with Crippen LogP contribution in [-0.4, -0.2) is 7.11 Å². The van der Waals surface area contributed by atoms with Crippen molar-refractivity contribution in [3.63, 3.8) is 0 Å². The summed E-state index contributed by atoms with van der Waals surface area (Å²) in [6, 6.07) is 12.5. The van der Waals surface area contributed by atoms with E-state index in [2.05, 4.69) is 38.1 Å². The predicted octanol–water partition coefficient (Wildman–Crippen LogP) is 5.17. The van der Waals surface area contributed by atoms with Gasteiger partial charge in [-0.3, -0.25) is 0 Å². The van der Waals surface area contributed by atoms with Gasteiger partial charge in [0, 0.05) is 5.39 Å². The van der Waals surface area contributed by atoms with E-state index in [4.69, 9.17) is 16.3 Å².